The van der Waals surface area contributed by atoms with E-state index in [4.69, 9.17) is 0 Å². The van der Waals surface area contributed by atoms with Crippen LogP contribution in [0.25, 0.3) is 0 Å². The molecule has 1 aliphatic heterocycles. The van der Waals surface area contributed by atoms with Crippen molar-refractivity contribution in [2.75, 3.05) is 6.54 Å². The maximum absolute atomic E-state index is 12.5. The third-order valence-electron chi connectivity index (χ3n) is 3.78. The number of nitrogens with zero attached hydrogens (tertiary/aromatic N) is 1. The molecule has 0 bridgehead atoms. The van der Waals surface area contributed by atoms with Gasteiger partial charge in [-0.05, 0) is 42.5 Å². The molecule has 2 fully saturated rings. The second-order valence-corrected chi connectivity index (χ2v) is 7.78. The lowest BCUT2D eigenvalue weighted by atomic mass is 10.2. The molecule has 1 saturated heterocycles. The lowest BCUT2D eigenvalue weighted by Gasteiger charge is -2.23. The largest absolute Gasteiger partial charge is 0.480 e. The van der Waals surface area contributed by atoms with Crippen LogP contribution in [0.1, 0.15) is 6.42 Å². The molecule has 1 aliphatic carbocycles. The van der Waals surface area contributed by atoms with Gasteiger partial charge < -0.3 is 5.11 Å². The number of fused-ring (bicyclic) bond motifs is 1. The van der Waals surface area contributed by atoms with Gasteiger partial charge in [-0.1, -0.05) is 15.9 Å². The van der Waals surface area contributed by atoms with Crippen LogP contribution in [0.3, 0.4) is 0 Å². The van der Waals surface area contributed by atoms with E-state index in [1.54, 1.807) is 12.1 Å². The van der Waals surface area contributed by atoms with E-state index < -0.39 is 22.0 Å². The fourth-order valence-electron chi connectivity index (χ4n) is 2.72. The van der Waals surface area contributed by atoms with Gasteiger partial charge in [0, 0.05) is 11.0 Å². The highest BCUT2D eigenvalue weighted by Crippen LogP contribution is 2.51. The summed E-state index contributed by atoms with van der Waals surface area (Å²) >= 11 is 3.24. The summed E-state index contributed by atoms with van der Waals surface area (Å²) in [7, 11) is -3.72. The molecule has 7 heteroatoms. The Balaban J connectivity index is 1.96. The van der Waals surface area contributed by atoms with Crippen LogP contribution in [-0.4, -0.2) is 36.4 Å². The quantitative estimate of drug-likeness (QED) is 0.901. The fraction of sp³-hybridized carbons (Fsp3) is 0.417. The third-order valence-corrected chi connectivity index (χ3v) is 6.17. The van der Waals surface area contributed by atoms with Gasteiger partial charge in [0.05, 0.1) is 4.90 Å². The second-order valence-electron chi connectivity index (χ2n) is 4.97. The van der Waals surface area contributed by atoms with Crippen LogP contribution in [0.15, 0.2) is 33.6 Å². The van der Waals surface area contributed by atoms with Crippen molar-refractivity contribution in [3.8, 4) is 0 Å². The van der Waals surface area contributed by atoms with E-state index in [-0.39, 0.29) is 16.7 Å². The lowest BCUT2D eigenvalue weighted by molar-refractivity contribution is -0.141. The van der Waals surface area contributed by atoms with Gasteiger partial charge in [-0.3, -0.25) is 4.79 Å². The van der Waals surface area contributed by atoms with Crippen LogP contribution < -0.4 is 0 Å². The molecule has 0 unspecified atom stereocenters. The predicted molar refractivity (Wildman–Crippen MR) is 71.1 cm³/mol. The lowest BCUT2D eigenvalue weighted by Crippen LogP contribution is -2.43. The average molecular weight is 346 g/mol. The van der Waals surface area contributed by atoms with E-state index in [2.05, 4.69) is 15.9 Å². The van der Waals surface area contributed by atoms with E-state index >= 15 is 0 Å². The molecule has 3 atom stereocenters. The Morgan fingerprint density at radius 2 is 1.95 bits per heavy atom. The smallest absolute Gasteiger partial charge is 0.322 e. The zero-order valence-electron chi connectivity index (χ0n) is 9.86. The summed E-state index contributed by atoms with van der Waals surface area (Å²) in [6.07, 6.45) is 0.823. The number of piperidine rings is 1. The number of rotatable bonds is 3. The van der Waals surface area contributed by atoms with Crippen LogP contribution in [-0.2, 0) is 14.8 Å². The van der Waals surface area contributed by atoms with Gasteiger partial charge >= 0.3 is 5.97 Å². The molecule has 0 aromatic heterocycles. The van der Waals surface area contributed by atoms with Crippen LogP contribution in [0.2, 0.25) is 0 Å². The van der Waals surface area contributed by atoms with Crippen molar-refractivity contribution in [1.82, 2.24) is 4.31 Å². The highest BCUT2D eigenvalue weighted by Gasteiger charge is 2.59. The zero-order chi connectivity index (χ0) is 13.8. The molecule has 2 aliphatic rings. The first-order chi connectivity index (χ1) is 8.91. The molecule has 0 spiro atoms. The van der Waals surface area contributed by atoms with Gasteiger partial charge in [0.15, 0.2) is 0 Å². The summed E-state index contributed by atoms with van der Waals surface area (Å²) in [5, 5.41) is 9.22. The molecule has 1 aromatic rings. The van der Waals surface area contributed by atoms with E-state index in [1.807, 2.05) is 0 Å². The highest BCUT2D eigenvalue weighted by atomic mass is 79.9. The molecular weight excluding hydrogens is 334 g/mol. The zero-order valence-corrected chi connectivity index (χ0v) is 12.3. The van der Waals surface area contributed by atoms with E-state index in [9.17, 15) is 18.3 Å². The molecule has 5 nitrogen and oxygen atoms in total. The van der Waals surface area contributed by atoms with Crippen LogP contribution in [0.4, 0.5) is 0 Å². The van der Waals surface area contributed by atoms with Gasteiger partial charge in [-0.15, -0.1) is 0 Å². The Morgan fingerprint density at radius 1 is 1.32 bits per heavy atom. The maximum atomic E-state index is 12.5. The van der Waals surface area contributed by atoms with Gasteiger partial charge in [0.2, 0.25) is 10.0 Å². The predicted octanol–water partition coefficient (Wildman–Crippen LogP) is 1.54. The second kappa shape index (κ2) is 4.29. The van der Waals surface area contributed by atoms with Gasteiger partial charge in [-0.2, -0.15) is 4.31 Å². The van der Waals surface area contributed by atoms with Crippen LogP contribution in [0.5, 0.6) is 0 Å². The first kappa shape index (κ1) is 13.1. The number of hydrogen-bond acceptors (Lipinski definition) is 3. The summed E-state index contributed by atoms with van der Waals surface area (Å²) in [5.41, 5.74) is 0. The number of sulfonamides is 1. The van der Waals surface area contributed by atoms with Crippen molar-refractivity contribution < 1.29 is 18.3 Å². The minimum Gasteiger partial charge on any atom is -0.480 e. The monoisotopic (exact) mass is 345 g/mol. The summed E-state index contributed by atoms with van der Waals surface area (Å²) in [5.74, 6) is -0.847. The van der Waals surface area contributed by atoms with Crippen LogP contribution >= 0.6 is 15.9 Å². The van der Waals surface area contributed by atoms with E-state index in [0.717, 1.165) is 15.2 Å². The molecule has 1 saturated carbocycles. The molecule has 1 N–H and O–H groups in total. The summed E-state index contributed by atoms with van der Waals surface area (Å²) in [6.45, 7) is 0.319. The average Bonchev–Trinajstić information content (AvgIpc) is 2.99. The summed E-state index contributed by atoms with van der Waals surface area (Å²) < 4.78 is 26.9. The van der Waals surface area contributed by atoms with Gasteiger partial charge in [0.25, 0.3) is 0 Å². The number of carboxylic acid groups (broad SMARTS) is 1. The van der Waals surface area contributed by atoms with E-state index in [0.29, 0.717) is 6.54 Å². The molecule has 3 rings (SSSR count). The number of halogens is 1. The Labute approximate surface area is 119 Å². The molecule has 0 amide bonds. The minimum atomic E-state index is -3.72. The third kappa shape index (κ3) is 2.09. The van der Waals surface area contributed by atoms with Crippen molar-refractivity contribution in [3.05, 3.63) is 28.7 Å². The van der Waals surface area contributed by atoms with Crippen molar-refractivity contribution in [3.63, 3.8) is 0 Å². The topological polar surface area (TPSA) is 74.7 Å². The van der Waals surface area contributed by atoms with Gasteiger partial charge in [-0.25, -0.2) is 8.42 Å². The molecule has 1 aromatic carbocycles. The first-order valence-corrected chi connectivity index (χ1v) is 8.15. The number of hydrogen-bond donors (Lipinski definition) is 1. The number of aliphatic carboxylic acids is 1. The normalized spacial score (nSPS) is 30.1. The molecule has 19 heavy (non-hydrogen) atoms. The van der Waals surface area contributed by atoms with Crippen molar-refractivity contribution in [1.29, 1.82) is 0 Å². The van der Waals surface area contributed by atoms with Crippen LogP contribution in [0, 0.1) is 11.8 Å². The Hall–Kier alpha value is -0.920. The molecule has 102 valence electrons. The summed E-state index contributed by atoms with van der Waals surface area (Å²) in [4.78, 5) is 11.4. The minimum absolute atomic E-state index is 0.0114. The number of benzene rings is 1. The Bertz CT molecular complexity index is 628. The Kier molecular flexibility index (Phi) is 2.95. The molecule has 1 heterocycles. The molecule has 0 radical (unpaired) electrons. The molecular formula is C12H12BrNO4S. The van der Waals surface area contributed by atoms with Crippen molar-refractivity contribution >= 4 is 31.9 Å². The Morgan fingerprint density at radius 3 is 2.53 bits per heavy atom. The SMILES string of the molecule is O=C(O)[C@@H]1[C@@H]2C[C@H]2CN1S(=O)(=O)c1ccc(Br)cc1. The summed E-state index contributed by atoms with van der Waals surface area (Å²) in [6, 6.07) is 5.35. The van der Waals surface area contributed by atoms with Gasteiger partial charge in [0.1, 0.15) is 6.04 Å². The van der Waals surface area contributed by atoms with Crippen molar-refractivity contribution in [2.24, 2.45) is 11.8 Å². The standard InChI is InChI=1S/C12H12BrNO4S/c13-8-1-3-9(4-2-8)19(17,18)14-6-7-5-10(7)11(14)12(15)16/h1-4,7,10-11H,5-6H2,(H,15,16)/t7-,10+,11-/m0/s1. The van der Waals surface area contributed by atoms with E-state index in [1.165, 1.54) is 12.1 Å². The van der Waals surface area contributed by atoms with Crippen molar-refractivity contribution in [2.45, 2.75) is 17.4 Å². The highest BCUT2D eigenvalue weighted by molar-refractivity contribution is 9.10. The first-order valence-electron chi connectivity index (χ1n) is 5.91. The number of carboxylic acids is 1. The number of carbonyl (C=O) groups is 1. The fourth-order valence-corrected chi connectivity index (χ4v) is 4.67. The maximum Gasteiger partial charge on any atom is 0.322 e.